The molecule has 1 amide bonds. The van der Waals surface area contributed by atoms with E-state index in [0.717, 1.165) is 6.42 Å². The van der Waals surface area contributed by atoms with Gasteiger partial charge in [-0.05, 0) is 19.3 Å². The van der Waals surface area contributed by atoms with Crippen molar-refractivity contribution in [2.24, 2.45) is 5.73 Å². The van der Waals surface area contributed by atoms with Crippen molar-refractivity contribution in [3.63, 3.8) is 0 Å². The number of likely N-dealkylation sites (tertiary alicyclic amines) is 1. The minimum absolute atomic E-state index is 0.292. The number of nitrogens with zero attached hydrogens (tertiary/aromatic N) is 1. The van der Waals surface area contributed by atoms with Gasteiger partial charge in [0.05, 0.1) is 6.04 Å². The van der Waals surface area contributed by atoms with Crippen LogP contribution in [0.3, 0.4) is 0 Å². The Labute approximate surface area is 88.5 Å². The summed E-state index contributed by atoms with van der Waals surface area (Å²) >= 11 is 0. The van der Waals surface area contributed by atoms with Gasteiger partial charge >= 0.3 is 5.97 Å². The molecule has 0 radical (unpaired) electrons. The average molecular weight is 212 g/mol. The van der Waals surface area contributed by atoms with Gasteiger partial charge in [-0.3, -0.25) is 4.79 Å². The van der Waals surface area contributed by atoms with Crippen LogP contribution in [0.4, 0.5) is 0 Å². The highest BCUT2D eigenvalue weighted by atomic mass is 16.4. The molecule has 1 aliphatic rings. The van der Waals surface area contributed by atoms with E-state index in [1.165, 1.54) is 4.90 Å². The maximum absolute atomic E-state index is 11.7. The van der Waals surface area contributed by atoms with Crippen molar-refractivity contribution in [1.82, 2.24) is 4.90 Å². The molecule has 1 fully saturated rings. The Bertz CT molecular complexity index is 278. The van der Waals surface area contributed by atoms with E-state index in [2.05, 4.69) is 6.58 Å². The van der Waals surface area contributed by atoms with E-state index in [1.54, 1.807) is 6.08 Å². The molecule has 5 nitrogen and oxygen atoms in total. The molecule has 1 unspecified atom stereocenters. The van der Waals surface area contributed by atoms with Gasteiger partial charge < -0.3 is 15.7 Å². The van der Waals surface area contributed by atoms with Crippen molar-refractivity contribution in [1.29, 1.82) is 0 Å². The van der Waals surface area contributed by atoms with E-state index in [1.807, 2.05) is 0 Å². The molecule has 1 aliphatic heterocycles. The van der Waals surface area contributed by atoms with E-state index in [4.69, 9.17) is 10.8 Å². The number of hydrogen-bond donors (Lipinski definition) is 2. The second kappa shape index (κ2) is 4.93. The first-order valence-corrected chi connectivity index (χ1v) is 4.97. The Balaban J connectivity index is 2.65. The number of carbonyl (C=O) groups is 2. The van der Waals surface area contributed by atoms with Crippen molar-refractivity contribution < 1.29 is 14.7 Å². The summed E-state index contributed by atoms with van der Waals surface area (Å²) in [5.41, 5.74) is 5.61. The number of amides is 1. The second-order valence-electron chi connectivity index (χ2n) is 3.66. The van der Waals surface area contributed by atoms with Crippen molar-refractivity contribution in [3.05, 3.63) is 12.7 Å². The number of carboxylic acid groups (broad SMARTS) is 1. The summed E-state index contributed by atoms with van der Waals surface area (Å²) in [6, 6.07) is -1.36. The Morgan fingerprint density at radius 3 is 2.87 bits per heavy atom. The zero-order valence-electron chi connectivity index (χ0n) is 8.56. The normalized spacial score (nSPS) is 22.5. The van der Waals surface area contributed by atoms with Crippen LogP contribution in [0.5, 0.6) is 0 Å². The van der Waals surface area contributed by atoms with Crippen LogP contribution in [0.2, 0.25) is 0 Å². The van der Waals surface area contributed by atoms with Crippen LogP contribution in [-0.4, -0.2) is 40.5 Å². The molecule has 0 aromatic heterocycles. The van der Waals surface area contributed by atoms with E-state index >= 15 is 0 Å². The standard InChI is InChI=1S/C10H16N2O3/c1-2-4-7(11)9(13)12-6-3-5-8(12)10(14)15/h2,7-8H,1,3-6,11H2,(H,14,15)/t7?,8-/m0/s1. The topological polar surface area (TPSA) is 83.6 Å². The molecule has 3 N–H and O–H groups in total. The van der Waals surface area contributed by atoms with Gasteiger partial charge in [0.15, 0.2) is 0 Å². The summed E-state index contributed by atoms with van der Waals surface area (Å²) in [5, 5.41) is 8.89. The number of rotatable bonds is 4. The van der Waals surface area contributed by atoms with E-state index in [9.17, 15) is 9.59 Å². The molecule has 0 aliphatic carbocycles. The lowest BCUT2D eigenvalue weighted by Crippen LogP contribution is -2.48. The van der Waals surface area contributed by atoms with Crippen LogP contribution in [0.15, 0.2) is 12.7 Å². The maximum Gasteiger partial charge on any atom is 0.326 e. The third-order valence-electron chi connectivity index (χ3n) is 2.56. The third-order valence-corrected chi connectivity index (χ3v) is 2.56. The highest BCUT2D eigenvalue weighted by Crippen LogP contribution is 2.18. The van der Waals surface area contributed by atoms with Crippen LogP contribution in [0.1, 0.15) is 19.3 Å². The fourth-order valence-corrected chi connectivity index (χ4v) is 1.78. The summed E-state index contributed by atoms with van der Waals surface area (Å²) in [5.74, 6) is -1.24. The fraction of sp³-hybridized carbons (Fsp3) is 0.600. The number of aliphatic carboxylic acids is 1. The van der Waals surface area contributed by atoms with Crippen molar-refractivity contribution in [2.75, 3.05) is 6.54 Å². The predicted molar refractivity (Wildman–Crippen MR) is 55.2 cm³/mol. The van der Waals surface area contributed by atoms with Crippen LogP contribution >= 0.6 is 0 Å². The Morgan fingerprint density at radius 1 is 1.67 bits per heavy atom. The van der Waals surface area contributed by atoms with Gasteiger partial charge in [0.1, 0.15) is 6.04 Å². The molecule has 0 saturated carbocycles. The summed E-state index contributed by atoms with van der Waals surface area (Å²) in [4.78, 5) is 23.9. The predicted octanol–water partition coefficient (Wildman–Crippen LogP) is -0.0346. The van der Waals surface area contributed by atoms with Crippen molar-refractivity contribution in [3.8, 4) is 0 Å². The first-order valence-electron chi connectivity index (χ1n) is 4.97. The van der Waals surface area contributed by atoms with Gasteiger partial charge in [0.25, 0.3) is 0 Å². The molecule has 0 aromatic rings. The minimum Gasteiger partial charge on any atom is -0.480 e. The highest BCUT2D eigenvalue weighted by molar-refractivity contribution is 5.87. The lowest BCUT2D eigenvalue weighted by molar-refractivity contribution is -0.148. The molecule has 1 saturated heterocycles. The van der Waals surface area contributed by atoms with Crippen molar-refractivity contribution in [2.45, 2.75) is 31.3 Å². The molecule has 2 atom stereocenters. The van der Waals surface area contributed by atoms with E-state index < -0.39 is 18.1 Å². The fourth-order valence-electron chi connectivity index (χ4n) is 1.78. The summed E-state index contributed by atoms with van der Waals surface area (Å²) in [6.07, 6.45) is 3.18. The van der Waals surface area contributed by atoms with Crippen LogP contribution in [0, 0.1) is 0 Å². The smallest absolute Gasteiger partial charge is 0.326 e. The molecule has 5 heteroatoms. The maximum atomic E-state index is 11.7. The van der Waals surface area contributed by atoms with E-state index in [-0.39, 0.29) is 5.91 Å². The Hall–Kier alpha value is -1.36. The first-order chi connectivity index (χ1) is 7.07. The van der Waals surface area contributed by atoms with Gasteiger partial charge in [-0.15, -0.1) is 6.58 Å². The number of carboxylic acids is 1. The largest absolute Gasteiger partial charge is 0.480 e. The second-order valence-corrected chi connectivity index (χ2v) is 3.66. The Kier molecular flexibility index (Phi) is 3.85. The molecule has 1 rings (SSSR count). The summed E-state index contributed by atoms with van der Waals surface area (Å²) in [7, 11) is 0. The van der Waals surface area contributed by atoms with E-state index in [0.29, 0.717) is 19.4 Å². The van der Waals surface area contributed by atoms with Crippen LogP contribution in [0.25, 0.3) is 0 Å². The lowest BCUT2D eigenvalue weighted by Gasteiger charge is -2.24. The summed E-state index contributed by atoms with van der Waals surface area (Å²) in [6.45, 7) is 3.98. The van der Waals surface area contributed by atoms with Crippen LogP contribution < -0.4 is 5.73 Å². The number of carbonyl (C=O) groups excluding carboxylic acids is 1. The Morgan fingerprint density at radius 2 is 2.33 bits per heavy atom. The van der Waals surface area contributed by atoms with Crippen molar-refractivity contribution >= 4 is 11.9 Å². The molecule has 0 bridgehead atoms. The highest BCUT2D eigenvalue weighted by Gasteiger charge is 2.35. The molecular weight excluding hydrogens is 196 g/mol. The van der Waals surface area contributed by atoms with Gasteiger partial charge in [0, 0.05) is 6.54 Å². The molecule has 0 aromatic carbocycles. The first kappa shape index (κ1) is 11.7. The zero-order valence-corrected chi connectivity index (χ0v) is 8.56. The van der Waals surface area contributed by atoms with Crippen LogP contribution in [-0.2, 0) is 9.59 Å². The minimum atomic E-state index is -0.952. The van der Waals surface area contributed by atoms with Gasteiger partial charge in [0.2, 0.25) is 5.91 Å². The van der Waals surface area contributed by atoms with Gasteiger partial charge in [-0.1, -0.05) is 6.08 Å². The monoisotopic (exact) mass is 212 g/mol. The molecular formula is C10H16N2O3. The van der Waals surface area contributed by atoms with Gasteiger partial charge in [-0.25, -0.2) is 4.79 Å². The third kappa shape index (κ3) is 2.56. The molecule has 15 heavy (non-hydrogen) atoms. The lowest BCUT2D eigenvalue weighted by atomic mass is 10.1. The molecule has 0 spiro atoms. The molecule has 84 valence electrons. The average Bonchev–Trinajstić information content (AvgIpc) is 2.65. The summed E-state index contributed by atoms with van der Waals surface area (Å²) < 4.78 is 0. The number of hydrogen-bond acceptors (Lipinski definition) is 3. The quantitative estimate of drug-likeness (QED) is 0.641. The molecule has 1 heterocycles. The zero-order chi connectivity index (χ0) is 11.4. The van der Waals surface area contributed by atoms with Gasteiger partial charge in [-0.2, -0.15) is 0 Å². The SMILES string of the molecule is C=CCC(N)C(=O)N1CCC[C@H]1C(=O)O. The number of nitrogens with two attached hydrogens (primary N) is 1.